The molecule has 1 atom stereocenters. The Morgan fingerprint density at radius 2 is 2.00 bits per heavy atom. The van der Waals surface area contributed by atoms with Gasteiger partial charge in [-0.1, -0.05) is 37.0 Å². The maximum Gasteiger partial charge on any atom is 0.254 e. The minimum atomic E-state index is -0.262. The minimum absolute atomic E-state index is 0.0687. The molecule has 1 unspecified atom stereocenters. The van der Waals surface area contributed by atoms with Crippen LogP contribution in [-0.4, -0.2) is 46.7 Å². The number of aromatic nitrogens is 2. The van der Waals surface area contributed by atoms with Crippen LogP contribution in [0.5, 0.6) is 0 Å². The number of rotatable bonds is 5. The Morgan fingerprint density at radius 3 is 2.62 bits per heavy atom. The van der Waals surface area contributed by atoms with Crippen LogP contribution in [0.3, 0.4) is 0 Å². The highest BCUT2D eigenvalue weighted by atomic mass is 35.5. The first-order valence-electron chi connectivity index (χ1n) is 7.20. The summed E-state index contributed by atoms with van der Waals surface area (Å²) >= 11 is 11.6. The molecule has 0 saturated carbocycles. The molecule has 0 radical (unpaired) electrons. The monoisotopic (exact) mass is 330 g/mol. The third-order valence-corrected chi connectivity index (χ3v) is 4.28. The zero-order valence-corrected chi connectivity index (χ0v) is 13.8. The van der Waals surface area contributed by atoms with Crippen LogP contribution in [0.4, 0.5) is 0 Å². The van der Waals surface area contributed by atoms with Crippen molar-refractivity contribution in [2.75, 3.05) is 19.6 Å². The molecule has 1 aromatic rings. The first kappa shape index (κ1) is 16.5. The van der Waals surface area contributed by atoms with E-state index in [0.29, 0.717) is 18.5 Å². The molecule has 1 aromatic heterocycles. The molecule has 2 rings (SSSR count). The predicted molar refractivity (Wildman–Crippen MR) is 83.8 cm³/mol. The van der Waals surface area contributed by atoms with Crippen LogP contribution in [0.2, 0.25) is 10.3 Å². The highest BCUT2D eigenvalue weighted by Gasteiger charge is 2.25. The Bertz CT molecular complexity index is 504. The predicted octanol–water partition coefficient (Wildman–Crippen LogP) is 2.63. The lowest BCUT2D eigenvalue weighted by Gasteiger charge is -2.31. The topological polar surface area (TPSA) is 58.1 Å². The summed E-state index contributed by atoms with van der Waals surface area (Å²) in [6.07, 6.45) is 2.46. The van der Waals surface area contributed by atoms with Gasteiger partial charge in [0.15, 0.2) is 10.3 Å². The molecular weight excluding hydrogens is 311 g/mol. The fraction of sp³-hybridized carbons (Fsp3) is 0.643. The van der Waals surface area contributed by atoms with E-state index in [0.717, 1.165) is 13.1 Å². The molecule has 2 heterocycles. The van der Waals surface area contributed by atoms with E-state index in [4.69, 9.17) is 23.2 Å². The Labute approximate surface area is 135 Å². The number of carbonyl (C=O) groups is 1. The fourth-order valence-corrected chi connectivity index (χ4v) is 2.99. The minimum Gasteiger partial charge on any atom is -0.350 e. The van der Waals surface area contributed by atoms with Crippen molar-refractivity contribution in [2.24, 2.45) is 5.92 Å². The Morgan fingerprint density at radius 1 is 1.33 bits per heavy atom. The fourth-order valence-electron chi connectivity index (χ4n) is 2.66. The normalized spacial score (nSPS) is 17.2. The van der Waals surface area contributed by atoms with Gasteiger partial charge >= 0.3 is 0 Å². The van der Waals surface area contributed by atoms with Gasteiger partial charge in [-0.2, -0.15) is 0 Å². The van der Waals surface area contributed by atoms with Crippen molar-refractivity contribution < 1.29 is 4.79 Å². The van der Waals surface area contributed by atoms with Crippen LogP contribution in [0.25, 0.3) is 0 Å². The van der Waals surface area contributed by atoms with Crippen molar-refractivity contribution in [1.29, 1.82) is 0 Å². The van der Waals surface area contributed by atoms with E-state index in [2.05, 4.69) is 34.3 Å². The molecule has 5 nitrogen and oxygen atoms in total. The van der Waals surface area contributed by atoms with Crippen molar-refractivity contribution in [3.63, 3.8) is 0 Å². The second-order valence-corrected chi connectivity index (χ2v) is 6.38. The van der Waals surface area contributed by atoms with Gasteiger partial charge in [0.05, 0.1) is 5.56 Å². The number of nitrogens with one attached hydrogen (secondary N) is 1. The quantitative estimate of drug-likeness (QED) is 0.901. The average Bonchev–Trinajstić information content (AvgIpc) is 2.95. The van der Waals surface area contributed by atoms with Gasteiger partial charge < -0.3 is 5.32 Å². The Kier molecular flexibility index (Phi) is 5.79. The maximum absolute atomic E-state index is 12.2. The molecule has 116 valence electrons. The first-order valence-corrected chi connectivity index (χ1v) is 7.95. The van der Waals surface area contributed by atoms with E-state index < -0.39 is 0 Å². The molecule has 1 fully saturated rings. The van der Waals surface area contributed by atoms with Crippen molar-refractivity contribution in [3.8, 4) is 0 Å². The molecule has 0 bridgehead atoms. The van der Waals surface area contributed by atoms with Crippen LogP contribution >= 0.6 is 23.2 Å². The SMILES string of the molecule is CC(C)C(CNC(=O)c1cc(Cl)nnc1Cl)N1CCCC1. The third-order valence-electron chi connectivity index (χ3n) is 3.81. The summed E-state index contributed by atoms with van der Waals surface area (Å²) in [6.45, 7) is 7.14. The molecule has 1 saturated heterocycles. The standard InChI is InChI=1S/C14H20Cl2N4O/c1-9(2)11(20-5-3-4-6-20)8-17-14(21)10-7-12(15)18-19-13(10)16/h7,9,11H,3-6,8H2,1-2H3,(H,17,21). The maximum atomic E-state index is 12.2. The van der Waals surface area contributed by atoms with Gasteiger partial charge in [-0.15, -0.1) is 10.2 Å². The van der Waals surface area contributed by atoms with E-state index in [1.807, 2.05) is 0 Å². The zero-order chi connectivity index (χ0) is 15.4. The summed E-state index contributed by atoms with van der Waals surface area (Å²) < 4.78 is 0. The highest BCUT2D eigenvalue weighted by molar-refractivity contribution is 6.34. The van der Waals surface area contributed by atoms with Crippen LogP contribution in [-0.2, 0) is 0 Å². The van der Waals surface area contributed by atoms with E-state index in [9.17, 15) is 4.79 Å². The molecule has 0 aliphatic carbocycles. The molecule has 1 N–H and O–H groups in total. The highest BCUT2D eigenvalue weighted by Crippen LogP contribution is 2.18. The summed E-state index contributed by atoms with van der Waals surface area (Å²) in [4.78, 5) is 14.7. The van der Waals surface area contributed by atoms with Gasteiger partial charge in [-0.25, -0.2) is 0 Å². The van der Waals surface area contributed by atoms with Gasteiger partial charge in [0.25, 0.3) is 5.91 Å². The molecule has 1 amide bonds. The van der Waals surface area contributed by atoms with Gasteiger partial charge in [0.2, 0.25) is 0 Å². The number of hydrogen-bond donors (Lipinski definition) is 1. The van der Waals surface area contributed by atoms with Crippen LogP contribution in [0.1, 0.15) is 37.0 Å². The van der Waals surface area contributed by atoms with Gasteiger partial charge in [0, 0.05) is 12.6 Å². The summed E-state index contributed by atoms with van der Waals surface area (Å²) in [5, 5.41) is 10.4. The van der Waals surface area contributed by atoms with Gasteiger partial charge in [-0.05, 0) is 37.9 Å². The lowest BCUT2D eigenvalue weighted by Crippen LogP contribution is -2.45. The van der Waals surface area contributed by atoms with E-state index in [1.165, 1.54) is 18.9 Å². The van der Waals surface area contributed by atoms with E-state index in [-0.39, 0.29) is 21.8 Å². The number of hydrogen-bond acceptors (Lipinski definition) is 4. The van der Waals surface area contributed by atoms with Gasteiger partial charge in [0.1, 0.15) is 0 Å². The second-order valence-electron chi connectivity index (χ2n) is 5.64. The summed E-state index contributed by atoms with van der Waals surface area (Å²) in [5.41, 5.74) is 0.264. The largest absolute Gasteiger partial charge is 0.350 e. The zero-order valence-electron chi connectivity index (χ0n) is 12.3. The summed E-state index contributed by atoms with van der Waals surface area (Å²) in [5.74, 6) is 0.208. The van der Waals surface area contributed by atoms with Crippen LogP contribution in [0.15, 0.2) is 6.07 Å². The van der Waals surface area contributed by atoms with Crippen molar-refractivity contribution in [2.45, 2.75) is 32.7 Å². The summed E-state index contributed by atoms with van der Waals surface area (Å²) in [7, 11) is 0. The molecular formula is C14H20Cl2N4O. The van der Waals surface area contributed by atoms with E-state index >= 15 is 0 Å². The molecule has 7 heteroatoms. The smallest absolute Gasteiger partial charge is 0.254 e. The number of amides is 1. The van der Waals surface area contributed by atoms with Crippen LogP contribution in [0, 0.1) is 5.92 Å². The van der Waals surface area contributed by atoms with Crippen molar-refractivity contribution >= 4 is 29.1 Å². The Hall–Kier alpha value is -0.910. The summed E-state index contributed by atoms with van der Waals surface area (Å²) in [6, 6.07) is 1.77. The first-order chi connectivity index (χ1) is 9.99. The lowest BCUT2D eigenvalue weighted by molar-refractivity contribution is 0.0927. The lowest BCUT2D eigenvalue weighted by atomic mass is 10.0. The Balaban J connectivity index is 1.99. The number of likely N-dealkylation sites (tertiary alicyclic amines) is 1. The number of halogens is 2. The van der Waals surface area contributed by atoms with E-state index in [1.54, 1.807) is 0 Å². The second kappa shape index (κ2) is 7.38. The van der Waals surface area contributed by atoms with Crippen LogP contribution < -0.4 is 5.32 Å². The molecule has 1 aliphatic heterocycles. The number of carbonyl (C=O) groups excluding carboxylic acids is 1. The number of nitrogens with zero attached hydrogens (tertiary/aromatic N) is 3. The molecule has 1 aliphatic rings. The molecule has 0 aromatic carbocycles. The van der Waals surface area contributed by atoms with Crippen molar-refractivity contribution in [3.05, 3.63) is 21.9 Å². The van der Waals surface area contributed by atoms with Gasteiger partial charge in [-0.3, -0.25) is 9.69 Å². The molecule has 21 heavy (non-hydrogen) atoms. The van der Waals surface area contributed by atoms with Crippen molar-refractivity contribution in [1.82, 2.24) is 20.4 Å². The average molecular weight is 331 g/mol. The third kappa shape index (κ3) is 4.28. The molecule has 0 spiro atoms.